The molecule has 10 heteroatoms. The van der Waals surface area contributed by atoms with Gasteiger partial charge in [-0.3, -0.25) is 9.69 Å². The van der Waals surface area contributed by atoms with Crippen molar-refractivity contribution in [3.63, 3.8) is 0 Å². The quantitative estimate of drug-likeness (QED) is 0.412. The Balaban J connectivity index is 1.11. The molecule has 0 bridgehead atoms. The van der Waals surface area contributed by atoms with E-state index in [1.807, 2.05) is 42.5 Å². The maximum absolute atomic E-state index is 12.3. The lowest BCUT2D eigenvalue weighted by atomic mass is 10.0. The van der Waals surface area contributed by atoms with Gasteiger partial charge in [0.2, 0.25) is 11.8 Å². The van der Waals surface area contributed by atoms with Crippen LogP contribution in [0.25, 0.3) is 11.5 Å². The number of nitrogens with one attached hydrogen (secondary N) is 1. The van der Waals surface area contributed by atoms with Crippen molar-refractivity contribution in [3.05, 3.63) is 58.1 Å². The van der Waals surface area contributed by atoms with Crippen LogP contribution >= 0.6 is 23.2 Å². The van der Waals surface area contributed by atoms with Crippen molar-refractivity contribution < 1.29 is 13.9 Å². The number of hydrogen-bond acceptors (Lipinski definition) is 7. The second kappa shape index (κ2) is 11.6. The van der Waals surface area contributed by atoms with Gasteiger partial charge < -0.3 is 20.2 Å². The summed E-state index contributed by atoms with van der Waals surface area (Å²) in [6, 6.07) is 13.3. The topological polar surface area (TPSA) is 107 Å². The van der Waals surface area contributed by atoms with E-state index < -0.39 is 0 Å². The summed E-state index contributed by atoms with van der Waals surface area (Å²) in [5.74, 6) is 1.14. The maximum atomic E-state index is 12.3. The number of benzene rings is 2. The number of nitrogen functional groups attached to an aromatic ring is 1. The van der Waals surface area contributed by atoms with E-state index in [1.165, 1.54) is 0 Å². The molecule has 1 amide bonds. The van der Waals surface area contributed by atoms with Gasteiger partial charge in [-0.2, -0.15) is 0 Å². The molecular weight excluding hydrogens is 477 g/mol. The zero-order valence-corrected chi connectivity index (χ0v) is 20.2. The summed E-state index contributed by atoms with van der Waals surface area (Å²) in [5.41, 5.74) is 7.35. The SMILES string of the molecule is Nc1nnc(-c2ccc(OCCCC(=O)NC3CCN(Cc4ccc(Cl)c(Cl)c4)CC3)cc2)o1. The Morgan fingerprint density at radius 3 is 2.56 bits per heavy atom. The highest BCUT2D eigenvalue weighted by molar-refractivity contribution is 6.42. The molecule has 2 heterocycles. The van der Waals surface area contributed by atoms with Crippen molar-refractivity contribution in [2.45, 2.75) is 38.3 Å². The highest BCUT2D eigenvalue weighted by Gasteiger charge is 2.20. The van der Waals surface area contributed by atoms with Crippen molar-refractivity contribution >= 4 is 35.1 Å². The van der Waals surface area contributed by atoms with E-state index in [0.717, 1.165) is 43.6 Å². The third-order valence-electron chi connectivity index (χ3n) is 5.70. The molecule has 180 valence electrons. The van der Waals surface area contributed by atoms with E-state index >= 15 is 0 Å². The van der Waals surface area contributed by atoms with Crippen molar-refractivity contribution in [1.29, 1.82) is 0 Å². The number of piperidine rings is 1. The molecule has 1 saturated heterocycles. The highest BCUT2D eigenvalue weighted by Crippen LogP contribution is 2.24. The Hall–Kier alpha value is -2.81. The van der Waals surface area contributed by atoms with Crippen LogP contribution in [0.15, 0.2) is 46.9 Å². The number of halogens is 2. The fraction of sp³-hybridized carbons (Fsp3) is 0.375. The van der Waals surface area contributed by atoms with Crippen molar-refractivity contribution in [2.24, 2.45) is 0 Å². The number of rotatable bonds is 9. The van der Waals surface area contributed by atoms with Gasteiger partial charge in [0, 0.05) is 37.7 Å². The lowest BCUT2D eigenvalue weighted by Crippen LogP contribution is -2.44. The van der Waals surface area contributed by atoms with Gasteiger partial charge in [0.05, 0.1) is 16.7 Å². The molecule has 1 fully saturated rings. The number of hydrogen-bond donors (Lipinski definition) is 2. The number of carbonyl (C=O) groups excluding carboxylic acids is 1. The smallest absolute Gasteiger partial charge is 0.313 e. The Bertz CT molecular complexity index is 1100. The normalized spacial score (nSPS) is 14.8. The summed E-state index contributed by atoms with van der Waals surface area (Å²) in [6.07, 6.45) is 2.94. The van der Waals surface area contributed by atoms with Crippen LogP contribution in [0.3, 0.4) is 0 Å². The molecule has 0 radical (unpaired) electrons. The molecule has 4 rings (SSSR count). The average molecular weight is 504 g/mol. The van der Waals surface area contributed by atoms with E-state index in [1.54, 1.807) is 0 Å². The van der Waals surface area contributed by atoms with E-state index in [2.05, 4.69) is 20.4 Å². The Morgan fingerprint density at radius 1 is 1.12 bits per heavy atom. The second-order valence-corrected chi connectivity index (χ2v) is 9.10. The average Bonchev–Trinajstić information content (AvgIpc) is 3.27. The van der Waals surface area contributed by atoms with Gasteiger partial charge in [0.1, 0.15) is 5.75 Å². The van der Waals surface area contributed by atoms with E-state index in [9.17, 15) is 4.79 Å². The van der Waals surface area contributed by atoms with Crippen molar-refractivity contribution in [3.8, 4) is 17.2 Å². The number of anilines is 1. The lowest BCUT2D eigenvalue weighted by Gasteiger charge is -2.32. The van der Waals surface area contributed by atoms with Gasteiger partial charge in [-0.1, -0.05) is 34.4 Å². The number of ether oxygens (including phenoxy) is 1. The summed E-state index contributed by atoms with van der Waals surface area (Å²) < 4.78 is 10.9. The van der Waals surface area contributed by atoms with Crippen LogP contribution in [0.5, 0.6) is 5.75 Å². The third-order valence-corrected chi connectivity index (χ3v) is 6.44. The largest absolute Gasteiger partial charge is 0.494 e. The first-order chi connectivity index (χ1) is 16.5. The van der Waals surface area contributed by atoms with Crippen molar-refractivity contribution in [1.82, 2.24) is 20.4 Å². The fourth-order valence-electron chi connectivity index (χ4n) is 3.90. The molecule has 0 saturated carbocycles. The number of carbonyl (C=O) groups is 1. The maximum Gasteiger partial charge on any atom is 0.313 e. The van der Waals surface area contributed by atoms with Crippen LogP contribution in [0.4, 0.5) is 6.01 Å². The standard InChI is InChI=1S/C24H27Cl2N5O3/c25-20-8-3-16(14-21(20)26)15-31-11-9-18(10-12-31)28-22(32)2-1-13-33-19-6-4-17(5-7-19)23-29-30-24(27)34-23/h3-8,14,18H,1-2,9-13,15H2,(H2,27,30)(H,28,32). The number of likely N-dealkylation sites (tertiary alicyclic amines) is 1. The molecule has 2 aromatic carbocycles. The highest BCUT2D eigenvalue weighted by atomic mass is 35.5. The summed E-state index contributed by atoms with van der Waals surface area (Å²) in [6.45, 7) is 3.15. The molecule has 3 N–H and O–H groups in total. The predicted octanol–water partition coefficient (Wildman–Crippen LogP) is 4.57. The van der Waals surface area contributed by atoms with Crippen LogP contribution < -0.4 is 15.8 Å². The molecule has 0 unspecified atom stereocenters. The fourth-order valence-corrected chi connectivity index (χ4v) is 4.22. The monoisotopic (exact) mass is 503 g/mol. The number of aromatic nitrogens is 2. The zero-order valence-electron chi connectivity index (χ0n) is 18.7. The number of amides is 1. The van der Waals surface area contributed by atoms with Gasteiger partial charge in [-0.05, 0) is 61.2 Å². The van der Waals surface area contributed by atoms with E-state index in [-0.39, 0.29) is 18.0 Å². The second-order valence-electron chi connectivity index (χ2n) is 8.29. The molecule has 3 aromatic rings. The van der Waals surface area contributed by atoms with Gasteiger partial charge in [0.25, 0.3) is 0 Å². The number of nitrogens with zero attached hydrogens (tertiary/aromatic N) is 3. The minimum absolute atomic E-state index is 0.0301. The van der Waals surface area contributed by atoms with E-state index in [0.29, 0.717) is 41.1 Å². The first-order valence-corrected chi connectivity index (χ1v) is 12.0. The first kappa shape index (κ1) is 24.3. The third kappa shape index (κ3) is 6.85. The summed E-state index contributed by atoms with van der Waals surface area (Å²) in [7, 11) is 0. The predicted molar refractivity (Wildman–Crippen MR) is 132 cm³/mol. The molecule has 1 aromatic heterocycles. The Labute approximate surface area is 208 Å². The van der Waals surface area contributed by atoms with E-state index in [4.69, 9.17) is 38.1 Å². The van der Waals surface area contributed by atoms with Crippen LogP contribution in [-0.2, 0) is 11.3 Å². The van der Waals surface area contributed by atoms with Gasteiger partial charge in [-0.25, -0.2) is 0 Å². The van der Waals surface area contributed by atoms with Gasteiger partial charge >= 0.3 is 6.01 Å². The van der Waals surface area contributed by atoms with Crippen LogP contribution in [0, 0.1) is 0 Å². The molecule has 1 aliphatic rings. The Morgan fingerprint density at radius 2 is 1.88 bits per heavy atom. The van der Waals surface area contributed by atoms with Gasteiger partial charge in [-0.15, -0.1) is 5.10 Å². The summed E-state index contributed by atoms with van der Waals surface area (Å²) >= 11 is 12.1. The minimum Gasteiger partial charge on any atom is -0.494 e. The molecule has 0 aliphatic carbocycles. The molecule has 0 atom stereocenters. The molecule has 8 nitrogen and oxygen atoms in total. The van der Waals surface area contributed by atoms with Gasteiger partial charge in [0.15, 0.2) is 0 Å². The molecule has 1 aliphatic heterocycles. The first-order valence-electron chi connectivity index (χ1n) is 11.2. The minimum atomic E-state index is 0.0301. The van der Waals surface area contributed by atoms with Crippen molar-refractivity contribution in [2.75, 3.05) is 25.4 Å². The summed E-state index contributed by atoms with van der Waals surface area (Å²) in [5, 5.41) is 11.8. The number of nitrogens with two attached hydrogens (primary N) is 1. The Kier molecular flexibility index (Phi) is 8.26. The molecular formula is C24H27Cl2N5O3. The van der Waals surface area contributed by atoms with Crippen LogP contribution in [0.1, 0.15) is 31.2 Å². The van der Waals surface area contributed by atoms with Crippen LogP contribution in [0.2, 0.25) is 10.0 Å². The zero-order chi connectivity index (χ0) is 23.9. The summed E-state index contributed by atoms with van der Waals surface area (Å²) in [4.78, 5) is 14.7. The van der Waals surface area contributed by atoms with Crippen LogP contribution in [-0.4, -0.2) is 46.7 Å². The molecule has 34 heavy (non-hydrogen) atoms. The lowest BCUT2D eigenvalue weighted by molar-refractivity contribution is -0.122. The molecule has 0 spiro atoms.